The molecule has 4 rings (SSSR count). The van der Waals surface area contributed by atoms with Crippen LogP contribution in [0.5, 0.6) is 0 Å². The second kappa shape index (κ2) is 5.40. The molecule has 0 spiro atoms. The first-order chi connectivity index (χ1) is 11.2. The number of aromatic nitrogens is 3. The highest BCUT2D eigenvalue weighted by molar-refractivity contribution is 5.82. The van der Waals surface area contributed by atoms with Gasteiger partial charge in [0.2, 0.25) is 0 Å². The van der Waals surface area contributed by atoms with Crippen molar-refractivity contribution in [3.63, 3.8) is 0 Å². The monoisotopic (exact) mass is 308 g/mol. The number of fused-ring (bicyclic) bond motifs is 2. The van der Waals surface area contributed by atoms with Crippen molar-refractivity contribution in [2.75, 3.05) is 11.9 Å². The summed E-state index contributed by atoms with van der Waals surface area (Å²) in [5.41, 5.74) is 2.36. The number of anilines is 1. The fourth-order valence-corrected chi connectivity index (χ4v) is 2.52. The second-order valence-electron chi connectivity index (χ2n) is 5.51. The van der Waals surface area contributed by atoms with E-state index in [1.807, 2.05) is 49.4 Å². The zero-order valence-electron chi connectivity index (χ0n) is 12.6. The number of aliphatic hydroxyl groups excluding tert-OH is 1. The van der Waals surface area contributed by atoms with Gasteiger partial charge in [0.25, 0.3) is 0 Å². The van der Waals surface area contributed by atoms with Crippen molar-refractivity contribution in [1.29, 1.82) is 0 Å². The van der Waals surface area contributed by atoms with E-state index in [9.17, 15) is 0 Å². The molecule has 0 saturated heterocycles. The lowest BCUT2D eigenvalue weighted by atomic mass is 10.2. The fraction of sp³-hybridized carbons (Fsp3) is 0.176. The predicted molar refractivity (Wildman–Crippen MR) is 88.4 cm³/mol. The number of furan rings is 1. The van der Waals surface area contributed by atoms with Crippen LogP contribution in [0.2, 0.25) is 0 Å². The predicted octanol–water partition coefficient (Wildman–Crippen LogP) is 2.94. The van der Waals surface area contributed by atoms with E-state index in [2.05, 4.69) is 15.4 Å². The van der Waals surface area contributed by atoms with Crippen LogP contribution in [0.25, 0.3) is 28.1 Å². The SMILES string of the molecule is CC(CO)Nc1ccc2ncc(-c3cc4ccccc4o3)n2n1. The number of nitrogens with one attached hydrogen (secondary N) is 1. The van der Waals surface area contributed by atoms with Crippen molar-refractivity contribution in [1.82, 2.24) is 14.6 Å². The Balaban J connectivity index is 1.81. The van der Waals surface area contributed by atoms with Crippen molar-refractivity contribution in [3.8, 4) is 11.5 Å². The normalized spacial score (nSPS) is 12.8. The Bertz CT molecular complexity index is 940. The van der Waals surface area contributed by atoms with E-state index in [1.165, 1.54) is 0 Å². The van der Waals surface area contributed by atoms with Gasteiger partial charge in [0.1, 0.15) is 17.1 Å². The Hall–Kier alpha value is -2.86. The number of hydrogen-bond donors (Lipinski definition) is 2. The maximum absolute atomic E-state index is 9.16. The first-order valence-corrected chi connectivity index (χ1v) is 7.46. The van der Waals surface area contributed by atoms with Gasteiger partial charge in [0, 0.05) is 11.4 Å². The van der Waals surface area contributed by atoms with Crippen molar-refractivity contribution in [2.45, 2.75) is 13.0 Å². The molecule has 0 aliphatic heterocycles. The van der Waals surface area contributed by atoms with Gasteiger partial charge in [-0.25, -0.2) is 9.50 Å². The van der Waals surface area contributed by atoms with Crippen molar-refractivity contribution < 1.29 is 9.52 Å². The average Bonchev–Trinajstić information content (AvgIpc) is 3.17. The Morgan fingerprint density at radius 3 is 2.96 bits per heavy atom. The van der Waals surface area contributed by atoms with Crippen molar-refractivity contribution >= 4 is 22.4 Å². The van der Waals surface area contributed by atoms with Gasteiger partial charge < -0.3 is 14.8 Å². The number of nitrogens with zero attached hydrogens (tertiary/aromatic N) is 3. The summed E-state index contributed by atoms with van der Waals surface area (Å²) in [6, 6.07) is 13.5. The smallest absolute Gasteiger partial charge is 0.155 e. The number of aliphatic hydroxyl groups is 1. The molecule has 1 atom stereocenters. The minimum atomic E-state index is -0.0712. The number of para-hydroxylation sites is 1. The lowest BCUT2D eigenvalue weighted by molar-refractivity contribution is 0.281. The third-order valence-electron chi connectivity index (χ3n) is 3.71. The van der Waals surface area contributed by atoms with Gasteiger partial charge in [-0.1, -0.05) is 18.2 Å². The molecule has 0 aliphatic rings. The van der Waals surface area contributed by atoms with Crippen LogP contribution in [0.4, 0.5) is 5.82 Å². The summed E-state index contributed by atoms with van der Waals surface area (Å²) in [7, 11) is 0. The summed E-state index contributed by atoms with van der Waals surface area (Å²) < 4.78 is 7.64. The highest BCUT2D eigenvalue weighted by atomic mass is 16.3. The van der Waals surface area contributed by atoms with Crippen molar-refractivity contribution in [2.24, 2.45) is 0 Å². The van der Waals surface area contributed by atoms with E-state index in [0.29, 0.717) is 5.82 Å². The quantitative estimate of drug-likeness (QED) is 0.606. The third-order valence-corrected chi connectivity index (χ3v) is 3.71. The summed E-state index contributed by atoms with van der Waals surface area (Å²) in [6.07, 6.45) is 1.75. The van der Waals surface area contributed by atoms with Crippen LogP contribution in [0.1, 0.15) is 6.92 Å². The molecular formula is C17H16N4O2. The molecule has 23 heavy (non-hydrogen) atoms. The van der Waals surface area contributed by atoms with E-state index in [1.54, 1.807) is 10.7 Å². The topological polar surface area (TPSA) is 75.6 Å². The molecule has 3 aromatic heterocycles. The Labute approximate surface area is 132 Å². The Morgan fingerprint density at radius 2 is 2.13 bits per heavy atom. The van der Waals surface area contributed by atoms with Crippen LogP contribution < -0.4 is 5.32 Å². The zero-order valence-corrected chi connectivity index (χ0v) is 12.6. The van der Waals surface area contributed by atoms with E-state index in [0.717, 1.165) is 28.1 Å². The van der Waals surface area contributed by atoms with Gasteiger partial charge in [-0.15, -0.1) is 5.10 Å². The molecule has 4 aromatic rings. The maximum atomic E-state index is 9.16. The van der Waals surface area contributed by atoms with Crippen LogP contribution in [0.15, 0.2) is 53.1 Å². The lowest BCUT2D eigenvalue weighted by Gasteiger charge is -2.11. The highest BCUT2D eigenvalue weighted by Crippen LogP contribution is 2.28. The summed E-state index contributed by atoms with van der Waals surface area (Å²) >= 11 is 0. The molecule has 0 radical (unpaired) electrons. The summed E-state index contributed by atoms with van der Waals surface area (Å²) in [5, 5.41) is 17.9. The molecule has 2 N–H and O–H groups in total. The van der Waals surface area contributed by atoms with Crippen LogP contribution in [0.3, 0.4) is 0 Å². The Kier molecular flexibility index (Phi) is 3.24. The molecular weight excluding hydrogens is 292 g/mol. The Morgan fingerprint density at radius 1 is 1.26 bits per heavy atom. The van der Waals surface area contributed by atoms with Gasteiger partial charge in [-0.3, -0.25) is 0 Å². The molecule has 0 bridgehead atoms. The molecule has 116 valence electrons. The van der Waals surface area contributed by atoms with Crippen LogP contribution in [-0.4, -0.2) is 32.4 Å². The lowest BCUT2D eigenvalue weighted by Crippen LogP contribution is -2.20. The summed E-state index contributed by atoms with van der Waals surface area (Å²) in [5.74, 6) is 1.40. The largest absolute Gasteiger partial charge is 0.454 e. The fourth-order valence-electron chi connectivity index (χ4n) is 2.52. The van der Waals surface area contributed by atoms with Gasteiger partial charge >= 0.3 is 0 Å². The van der Waals surface area contributed by atoms with Crippen LogP contribution >= 0.6 is 0 Å². The zero-order chi connectivity index (χ0) is 15.8. The molecule has 1 unspecified atom stereocenters. The average molecular weight is 308 g/mol. The molecule has 0 aliphatic carbocycles. The van der Waals surface area contributed by atoms with E-state index in [-0.39, 0.29) is 12.6 Å². The van der Waals surface area contributed by atoms with Gasteiger partial charge in [-0.05, 0) is 31.2 Å². The molecule has 0 saturated carbocycles. The van der Waals surface area contributed by atoms with Crippen LogP contribution in [-0.2, 0) is 0 Å². The summed E-state index contributed by atoms with van der Waals surface area (Å²) in [6.45, 7) is 1.93. The third kappa shape index (κ3) is 2.43. The molecule has 3 heterocycles. The van der Waals surface area contributed by atoms with Crippen molar-refractivity contribution in [3.05, 3.63) is 48.7 Å². The molecule has 0 amide bonds. The van der Waals surface area contributed by atoms with E-state index >= 15 is 0 Å². The molecule has 6 nitrogen and oxygen atoms in total. The molecule has 0 fully saturated rings. The van der Waals surface area contributed by atoms with E-state index in [4.69, 9.17) is 9.52 Å². The second-order valence-corrected chi connectivity index (χ2v) is 5.51. The maximum Gasteiger partial charge on any atom is 0.155 e. The van der Waals surface area contributed by atoms with E-state index < -0.39 is 0 Å². The standard InChI is InChI=1S/C17H16N4O2/c1-11(10-22)19-16-6-7-17-18-9-13(21(17)20-16)15-8-12-4-2-3-5-14(12)23-15/h2-9,11,22H,10H2,1H3,(H,19,20). The minimum absolute atomic E-state index is 0.0417. The number of rotatable bonds is 4. The minimum Gasteiger partial charge on any atom is -0.454 e. The molecule has 6 heteroatoms. The van der Waals surface area contributed by atoms with Gasteiger partial charge in [0.05, 0.1) is 12.8 Å². The number of imidazole rings is 1. The first kappa shape index (κ1) is 13.8. The van der Waals surface area contributed by atoms with Crippen LogP contribution in [0, 0.1) is 0 Å². The first-order valence-electron chi connectivity index (χ1n) is 7.46. The highest BCUT2D eigenvalue weighted by Gasteiger charge is 2.13. The number of hydrogen-bond acceptors (Lipinski definition) is 5. The summed E-state index contributed by atoms with van der Waals surface area (Å²) in [4.78, 5) is 4.37. The molecule has 1 aromatic carbocycles. The van der Waals surface area contributed by atoms with Gasteiger partial charge in [0.15, 0.2) is 11.4 Å². The number of benzene rings is 1. The van der Waals surface area contributed by atoms with Gasteiger partial charge in [-0.2, -0.15) is 0 Å².